The molecule has 160 valence electrons. The molecule has 2 aromatic carbocycles. The van der Waals surface area contributed by atoms with Crippen LogP contribution in [0.3, 0.4) is 0 Å². The quantitative estimate of drug-likeness (QED) is 0.797. The van der Waals surface area contributed by atoms with Gasteiger partial charge in [-0.3, -0.25) is 4.79 Å². The van der Waals surface area contributed by atoms with Gasteiger partial charge in [-0.15, -0.1) is 0 Å². The normalized spacial score (nSPS) is 22.5. The summed E-state index contributed by atoms with van der Waals surface area (Å²) in [5.41, 5.74) is 1.50. The van der Waals surface area contributed by atoms with E-state index in [4.69, 9.17) is 9.47 Å². The molecular formula is C25H33N2O3+. The van der Waals surface area contributed by atoms with Crippen LogP contribution in [0, 0.1) is 0 Å². The minimum absolute atomic E-state index is 0.0812. The number of nitrogens with one attached hydrogen (secondary N) is 1. The number of hydrogen-bond acceptors (Lipinski definition) is 3. The van der Waals surface area contributed by atoms with E-state index < -0.39 is 0 Å². The average molecular weight is 410 g/mol. The zero-order valence-corrected chi connectivity index (χ0v) is 17.9. The van der Waals surface area contributed by atoms with Crippen molar-refractivity contribution in [2.75, 3.05) is 39.9 Å². The predicted octanol–water partition coefficient (Wildman–Crippen LogP) is 2.53. The van der Waals surface area contributed by atoms with Gasteiger partial charge in [0.2, 0.25) is 0 Å². The van der Waals surface area contributed by atoms with Crippen LogP contribution in [0.4, 0.5) is 0 Å². The largest absolute Gasteiger partial charge is 0.497 e. The number of quaternary nitrogens is 1. The highest BCUT2D eigenvalue weighted by atomic mass is 16.5. The Labute approximate surface area is 179 Å². The van der Waals surface area contributed by atoms with E-state index in [1.807, 2.05) is 29.2 Å². The summed E-state index contributed by atoms with van der Waals surface area (Å²) in [5, 5.41) is 0. The maximum Gasteiger partial charge on any atom is 0.260 e. The molecule has 0 unspecified atom stereocenters. The number of rotatable bonds is 6. The van der Waals surface area contributed by atoms with Crippen LogP contribution in [0.1, 0.15) is 37.2 Å². The van der Waals surface area contributed by atoms with Crippen molar-refractivity contribution in [1.82, 2.24) is 4.90 Å². The topological polar surface area (TPSA) is 43.2 Å². The van der Waals surface area contributed by atoms with Gasteiger partial charge in [0.1, 0.15) is 11.5 Å². The molecule has 0 bridgehead atoms. The number of hydrogen-bond donors (Lipinski definition) is 1. The van der Waals surface area contributed by atoms with Crippen LogP contribution in [0.5, 0.6) is 11.5 Å². The molecule has 0 aromatic heterocycles. The van der Waals surface area contributed by atoms with Crippen molar-refractivity contribution in [2.24, 2.45) is 0 Å². The van der Waals surface area contributed by atoms with Gasteiger partial charge in [0.05, 0.1) is 39.3 Å². The van der Waals surface area contributed by atoms with Crippen molar-refractivity contribution in [3.05, 3.63) is 60.2 Å². The van der Waals surface area contributed by atoms with E-state index in [1.165, 1.54) is 31.2 Å². The average Bonchev–Trinajstić information content (AvgIpc) is 2.83. The zero-order valence-electron chi connectivity index (χ0n) is 17.9. The van der Waals surface area contributed by atoms with Gasteiger partial charge in [-0.05, 0) is 61.4 Å². The first-order valence-corrected chi connectivity index (χ1v) is 11.2. The maximum absolute atomic E-state index is 12.5. The number of nitrogens with zero attached hydrogens (tertiary/aromatic N) is 1. The Morgan fingerprint density at radius 3 is 2.20 bits per heavy atom. The lowest BCUT2D eigenvalue weighted by Crippen LogP contribution is -3.18. The van der Waals surface area contributed by atoms with Crippen LogP contribution in [0.2, 0.25) is 0 Å². The van der Waals surface area contributed by atoms with E-state index >= 15 is 0 Å². The molecule has 1 aliphatic heterocycles. The summed E-state index contributed by atoms with van der Waals surface area (Å²) in [6, 6.07) is 19.1. The Balaban J connectivity index is 1.19. The fourth-order valence-corrected chi connectivity index (χ4v) is 4.92. The number of carbonyl (C=O) groups is 1. The molecule has 30 heavy (non-hydrogen) atoms. The lowest BCUT2D eigenvalue weighted by atomic mass is 9.81. The van der Waals surface area contributed by atoms with E-state index in [-0.39, 0.29) is 12.5 Å². The van der Waals surface area contributed by atoms with E-state index in [0.717, 1.165) is 43.9 Å². The molecule has 1 N–H and O–H groups in total. The zero-order chi connectivity index (χ0) is 20.8. The molecule has 0 atom stereocenters. The highest BCUT2D eigenvalue weighted by Crippen LogP contribution is 2.31. The molecule has 2 fully saturated rings. The first-order chi connectivity index (χ1) is 14.7. The third-order valence-electron chi connectivity index (χ3n) is 6.76. The minimum atomic E-state index is 0.0812. The Morgan fingerprint density at radius 1 is 0.933 bits per heavy atom. The van der Waals surface area contributed by atoms with Crippen molar-refractivity contribution in [2.45, 2.75) is 37.6 Å². The highest BCUT2D eigenvalue weighted by molar-refractivity contribution is 5.77. The number of amides is 1. The molecule has 2 aromatic rings. The maximum atomic E-state index is 12.5. The second kappa shape index (κ2) is 9.98. The minimum Gasteiger partial charge on any atom is -0.497 e. The van der Waals surface area contributed by atoms with Gasteiger partial charge in [0.15, 0.2) is 6.61 Å². The first-order valence-electron chi connectivity index (χ1n) is 11.2. The summed E-state index contributed by atoms with van der Waals surface area (Å²) in [6.45, 7) is 3.87. The number of carbonyl (C=O) groups excluding carboxylic acids is 1. The number of ether oxygens (including phenoxy) is 2. The molecule has 5 heteroatoms. The monoisotopic (exact) mass is 409 g/mol. The van der Waals surface area contributed by atoms with Gasteiger partial charge < -0.3 is 19.3 Å². The molecule has 1 aliphatic carbocycles. The van der Waals surface area contributed by atoms with Gasteiger partial charge in [-0.1, -0.05) is 30.3 Å². The van der Waals surface area contributed by atoms with Crippen LogP contribution in [-0.4, -0.2) is 56.7 Å². The molecule has 1 saturated carbocycles. The van der Waals surface area contributed by atoms with E-state index in [9.17, 15) is 4.79 Å². The smallest absolute Gasteiger partial charge is 0.260 e. The first kappa shape index (κ1) is 20.7. The Hall–Kier alpha value is -2.53. The second-order valence-corrected chi connectivity index (χ2v) is 8.46. The Morgan fingerprint density at radius 2 is 1.57 bits per heavy atom. The van der Waals surface area contributed by atoms with Crippen LogP contribution >= 0.6 is 0 Å². The van der Waals surface area contributed by atoms with Crippen molar-refractivity contribution in [3.63, 3.8) is 0 Å². The van der Waals surface area contributed by atoms with E-state index in [0.29, 0.717) is 5.75 Å². The summed E-state index contributed by atoms with van der Waals surface area (Å²) in [6.07, 6.45) is 5.17. The molecule has 1 heterocycles. The summed E-state index contributed by atoms with van der Waals surface area (Å²) in [7, 11) is 1.63. The SMILES string of the molecule is COc1ccc(OCC(=O)N2CC[NH+](C3CCC(c4ccccc4)CC3)CC2)cc1. The Kier molecular flexibility index (Phi) is 6.90. The summed E-state index contributed by atoms with van der Waals surface area (Å²) in [5.74, 6) is 2.28. The number of methoxy groups -OCH3 is 1. The summed E-state index contributed by atoms with van der Waals surface area (Å²) >= 11 is 0. The van der Waals surface area contributed by atoms with Gasteiger partial charge in [0, 0.05) is 0 Å². The third kappa shape index (κ3) is 5.14. The summed E-state index contributed by atoms with van der Waals surface area (Å²) in [4.78, 5) is 16.2. The lowest BCUT2D eigenvalue weighted by Gasteiger charge is -2.39. The van der Waals surface area contributed by atoms with Gasteiger partial charge >= 0.3 is 0 Å². The third-order valence-corrected chi connectivity index (χ3v) is 6.76. The number of piperazine rings is 1. The molecular weight excluding hydrogens is 376 g/mol. The molecule has 5 nitrogen and oxygen atoms in total. The second-order valence-electron chi connectivity index (χ2n) is 8.46. The van der Waals surface area contributed by atoms with Crippen molar-refractivity contribution >= 4 is 5.91 Å². The summed E-state index contributed by atoms with van der Waals surface area (Å²) < 4.78 is 10.8. The van der Waals surface area contributed by atoms with Crippen molar-refractivity contribution < 1.29 is 19.2 Å². The van der Waals surface area contributed by atoms with Gasteiger partial charge in [-0.25, -0.2) is 0 Å². The van der Waals surface area contributed by atoms with Crippen molar-refractivity contribution in [1.29, 1.82) is 0 Å². The van der Waals surface area contributed by atoms with Gasteiger partial charge in [-0.2, -0.15) is 0 Å². The molecule has 1 saturated heterocycles. The van der Waals surface area contributed by atoms with Crippen LogP contribution in [0.25, 0.3) is 0 Å². The lowest BCUT2D eigenvalue weighted by molar-refractivity contribution is -0.930. The van der Waals surface area contributed by atoms with Crippen molar-refractivity contribution in [3.8, 4) is 11.5 Å². The molecule has 0 radical (unpaired) electrons. The van der Waals surface area contributed by atoms with Crippen LogP contribution in [-0.2, 0) is 4.79 Å². The fraction of sp³-hybridized carbons (Fsp3) is 0.480. The van der Waals surface area contributed by atoms with Gasteiger partial charge in [0.25, 0.3) is 5.91 Å². The van der Waals surface area contributed by atoms with E-state index in [2.05, 4.69) is 30.3 Å². The molecule has 0 spiro atoms. The predicted molar refractivity (Wildman–Crippen MR) is 117 cm³/mol. The Bertz CT molecular complexity index is 793. The van der Waals surface area contributed by atoms with Crippen LogP contribution in [0.15, 0.2) is 54.6 Å². The molecule has 1 amide bonds. The van der Waals surface area contributed by atoms with E-state index in [1.54, 1.807) is 12.0 Å². The molecule has 4 rings (SSSR count). The highest BCUT2D eigenvalue weighted by Gasteiger charge is 2.32. The standard InChI is InChI=1S/C25H32N2O3/c1-29-23-11-13-24(14-12-23)30-19-25(28)27-17-15-26(16-18-27)22-9-7-21(8-10-22)20-5-3-2-4-6-20/h2-6,11-14,21-22H,7-10,15-19H2,1H3/p+1. The van der Waals surface area contributed by atoms with Crippen LogP contribution < -0.4 is 14.4 Å². The number of benzene rings is 2. The molecule has 2 aliphatic rings. The fourth-order valence-electron chi connectivity index (χ4n) is 4.92.